The summed E-state index contributed by atoms with van der Waals surface area (Å²) in [5, 5.41) is 19.8. The first-order valence-electron chi connectivity index (χ1n) is 13.6. The topological polar surface area (TPSA) is 47.6 Å². The minimum Gasteiger partial charge on any atom is -0.192 e. The molecule has 4 fully saturated rings. The summed E-state index contributed by atoms with van der Waals surface area (Å²) in [6.45, 7) is 22.5. The molecule has 4 heterocycles. The Bertz CT molecular complexity index is 1480. The zero-order valence-corrected chi connectivity index (χ0v) is 26.7. The lowest BCUT2D eigenvalue weighted by molar-refractivity contribution is 0.350. The number of rotatable bonds is 1. The first-order chi connectivity index (χ1) is 17.7. The normalized spacial score (nSPS) is 37.9. The van der Waals surface area contributed by atoms with Crippen molar-refractivity contribution in [2.75, 3.05) is 0 Å². The van der Waals surface area contributed by atoms with Gasteiger partial charge in [-0.3, -0.25) is 0 Å². The van der Waals surface area contributed by atoms with E-state index in [0.29, 0.717) is 10.5 Å². The van der Waals surface area contributed by atoms with Crippen molar-refractivity contribution in [3.63, 3.8) is 0 Å². The summed E-state index contributed by atoms with van der Waals surface area (Å²) < 4.78 is 0. The average molecular weight is 555 g/mol. The van der Waals surface area contributed by atoms with Gasteiger partial charge in [0, 0.05) is 31.6 Å². The van der Waals surface area contributed by atoms with Crippen molar-refractivity contribution in [2.45, 2.75) is 88.3 Å². The van der Waals surface area contributed by atoms with E-state index in [1.807, 2.05) is 24.3 Å². The summed E-state index contributed by atoms with van der Waals surface area (Å²) in [6.07, 6.45) is 0. The van der Waals surface area contributed by atoms with Crippen LogP contribution in [0.25, 0.3) is 0 Å². The molecule has 8 atom stereocenters. The third-order valence-corrected chi connectivity index (χ3v) is 26.1. The molecule has 0 spiro atoms. The monoisotopic (exact) mass is 554 g/mol. The van der Waals surface area contributed by atoms with E-state index in [1.54, 1.807) is 0 Å². The van der Waals surface area contributed by atoms with Gasteiger partial charge in [0.05, 0.1) is 23.3 Å². The Morgan fingerprint density at radius 3 is 1.66 bits per heavy atom. The van der Waals surface area contributed by atoms with Gasteiger partial charge in [-0.25, -0.2) is 0 Å². The number of nitriles is 2. The maximum absolute atomic E-state index is 9.54. The van der Waals surface area contributed by atoms with Crippen molar-refractivity contribution in [2.24, 2.45) is 16.2 Å². The zero-order valence-electron chi connectivity index (χ0n) is 24.0. The Morgan fingerprint density at radius 1 is 0.711 bits per heavy atom. The van der Waals surface area contributed by atoms with Crippen LogP contribution >= 0.6 is 23.8 Å². The molecule has 2 aromatic carbocycles. The Morgan fingerprint density at radius 2 is 1.21 bits per heavy atom. The SMILES string of the molecule is CC(C)(C)C1P2[C@H]3[C@@]2(C(C)(C)C)P(C#Cc2ccc(C#N)cc2)[C@]2(C(C)(C)C)P1[C@@]32c1ccc(C#N)cc1. The van der Waals surface area contributed by atoms with Crippen LogP contribution in [0, 0.1) is 50.5 Å². The van der Waals surface area contributed by atoms with Crippen LogP contribution in [0.15, 0.2) is 48.5 Å². The predicted octanol–water partition coefficient (Wildman–Crippen LogP) is 9.36. The predicted molar refractivity (Wildman–Crippen MR) is 163 cm³/mol. The molecule has 0 aromatic heterocycles. The maximum Gasteiger partial charge on any atom is 0.0991 e. The molecule has 0 saturated carbocycles. The van der Waals surface area contributed by atoms with Crippen molar-refractivity contribution in [1.29, 1.82) is 10.5 Å². The highest BCUT2D eigenvalue weighted by atomic mass is 31.2. The van der Waals surface area contributed by atoms with E-state index in [4.69, 9.17) is 0 Å². The van der Waals surface area contributed by atoms with E-state index in [2.05, 4.69) is 110 Å². The highest BCUT2D eigenvalue weighted by molar-refractivity contribution is 8.09. The van der Waals surface area contributed by atoms with E-state index in [1.165, 1.54) is 5.56 Å². The molecule has 0 aliphatic carbocycles. The lowest BCUT2D eigenvalue weighted by Crippen LogP contribution is -2.39. The molecule has 2 nitrogen and oxygen atoms in total. The molecule has 194 valence electrons. The van der Waals surface area contributed by atoms with Crippen LogP contribution in [0.1, 0.15) is 84.6 Å². The van der Waals surface area contributed by atoms with E-state index in [-0.39, 0.29) is 42.1 Å². The third kappa shape index (κ3) is 2.81. The maximum atomic E-state index is 9.54. The van der Waals surface area contributed by atoms with Gasteiger partial charge in [0.25, 0.3) is 0 Å². The fourth-order valence-corrected chi connectivity index (χ4v) is 31.5. The van der Waals surface area contributed by atoms with Crippen molar-refractivity contribution in [3.8, 4) is 23.7 Å². The second kappa shape index (κ2) is 7.72. The van der Waals surface area contributed by atoms with Crippen molar-refractivity contribution >= 4 is 23.8 Å². The molecule has 5 heteroatoms. The van der Waals surface area contributed by atoms with Gasteiger partial charge >= 0.3 is 0 Å². The molecular formula is C33H37N2P3. The Hall–Kier alpha value is -1.73. The summed E-state index contributed by atoms with van der Waals surface area (Å²) >= 11 is 0. The van der Waals surface area contributed by atoms with Crippen LogP contribution in [0.5, 0.6) is 0 Å². The molecule has 4 unspecified atom stereocenters. The fourth-order valence-electron chi connectivity index (χ4n) is 8.50. The molecule has 6 rings (SSSR count). The number of nitrogens with zero attached hydrogens (tertiary/aromatic N) is 2. The van der Waals surface area contributed by atoms with Gasteiger partial charge in [-0.15, -0.1) is 0 Å². The second-order valence-corrected chi connectivity index (χ2v) is 23.1. The summed E-state index contributed by atoms with van der Waals surface area (Å²) in [6, 6.07) is 21.2. The smallest absolute Gasteiger partial charge is 0.0991 e. The molecule has 0 N–H and O–H groups in total. The summed E-state index contributed by atoms with van der Waals surface area (Å²) in [7, 11) is -0.988. The standard InChI is InChI=1S/C33H37N2P3/c1-28(2,3)27-37-26-31(25-16-14-24(21-35)15-17-25)33(38(27)31,30(7,8)9)36(32(26,37)29(4,5)6)19-18-22-10-12-23(20-34)13-11-22/h10-17,26-27H,1-9H3/t26-,27?,31+,32-,33-,36?,37?,38?/m1/s1. The van der Waals surface area contributed by atoms with Crippen LogP contribution in [-0.2, 0) is 5.16 Å². The van der Waals surface area contributed by atoms with Gasteiger partial charge in [-0.05, 0) is 66.1 Å². The third-order valence-electron chi connectivity index (χ3n) is 9.47. The quantitative estimate of drug-likeness (QED) is 0.260. The highest BCUT2D eigenvalue weighted by Gasteiger charge is 3.08. The molecule has 0 amide bonds. The van der Waals surface area contributed by atoms with Gasteiger partial charge in [-0.2, -0.15) is 10.5 Å². The van der Waals surface area contributed by atoms with E-state index in [0.717, 1.165) is 22.2 Å². The van der Waals surface area contributed by atoms with Crippen molar-refractivity contribution in [3.05, 3.63) is 70.8 Å². The van der Waals surface area contributed by atoms with Gasteiger partial charge in [0.1, 0.15) is 0 Å². The molecule has 2 aromatic rings. The van der Waals surface area contributed by atoms with Gasteiger partial charge in [0.15, 0.2) is 0 Å². The van der Waals surface area contributed by atoms with Crippen LogP contribution in [0.3, 0.4) is 0 Å². The number of fused-ring (bicyclic) bond motifs is 2. The number of hydrogen-bond donors (Lipinski definition) is 0. The molecule has 4 saturated heterocycles. The Balaban J connectivity index is 1.62. The lowest BCUT2D eigenvalue weighted by Gasteiger charge is -2.51. The summed E-state index contributed by atoms with van der Waals surface area (Å²) in [4.78, 5) is 0.513. The molecule has 38 heavy (non-hydrogen) atoms. The minimum absolute atomic E-state index is 0.133. The first-order valence-corrected chi connectivity index (χ1v) is 17.8. The molecular weight excluding hydrogens is 517 g/mol. The fraction of sp³-hybridized carbons (Fsp3) is 0.515. The van der Waals surface area contributed by atoms with Crippen molar-refractivity contribution < 1.29 is 0 Å². The lowest BCUT2D eigenvalue weighted by atomic mass is 9.76. The second-order valence-electron chi connectivity index (χ2n) is 14.5. The average Bonchev–Trinajstić information content (AvgIpc) is 3.65. The van der Waals surface area contributed by atoms with Crippen LogP contribution < -0.4 is 0 Å². The Kier molecular flexibility index (Phi) is 5.38. The molecule has 0 radical (unpaired) electrons. The van der Waals surface area contributed by atoms with Gasteiger partial charge in [0.2, 0.25) is 0 Å². The largest absolute Gasteiger partial charge is 0.192 e. The minimum atomic E-state index is -0.579. The van der Waals surface area contributed by atoms with Crippen molar-refractivity contribution in [1.82, 2.24) is 0 Å². The molecule has 4 aliphatic heterocycles. The molecule has 0 bridgehead atoms. The summed E-state index contributed by atoms with van der Waals surface area (Å²) in [5.74, 6) is 3.67. The van der Waals surface area contributed by atoms with E-state index >= 15 is 0 Å². The zero-order chi connectivity index (χ0) is 27.7. The van der Waals surface area contributed by atoms with Crippen LogP contribution in [0.2, 0.25) is 0 Å². The number of hydrogen-bond acceptors (Lipinski definition) is 2. The van der Waals surface area contributed by atoms with Crippen LogP contribution in [0.4, 0.5) is 0 Å². The van der Waals surface area contributed by atoms with Gasteiger partial charge < -0.3 is 0 Å². The van der Waals surface area contributed by atoms with Crippen LogP contribution in [-0.4, -0.2) is 20.9 Å². The van der Waals surface area contributed by atoms with E-state index < -0.39 is 7.92 Å². The Labute approximate surface area is 232 Å². The van der Waals surface area contributed by atoms with Gasteiger partial charge in [-0.1, -0.05) is 102 Å². The first kappa shape index (κ1) is 26.5. The highest BCUT2D eigenvalue weighted by Crippen LogP contribution is 3.28. The number of benzene rings is 2. The van der Waals surface area contributed by atoms with E-state index in [9.17, 15) is 10.5 Å². The summed E-state index contributed by atoms with van der Waals surface area (Å²) in [5.41, 5.74) is 9.37. The molecule has 4 aliphatic rings.